The van der Waals surface area contributed by atoms with Crippen molar-refractivity contribution in [1.82, 2.24) is 9.97 Å². The van der Waals surface area contributed by atoms with Crippen molar-refractivity contribution < 1.29 is 23.5 Å². The number of rotatable bonds is 7. The zero-order chi connectivity index (χ0) is 26.3. The van der Waals surface area contributed by atoms with E-state index in [0.717, 1.165) is 0 Å². The Morgan fingerprint density at radius 2 is 1.81 bits per heavy atom. The summed E-state index contributed by atoms with van der Waals surface area (Å²) in [5.74, 6) is -0.554. The highest BCUT2D eigenvalue weighted by Crippen LogP contribution is 2.49. The maximum absolute atomic E-state index is 13.6. The van der Waals surface area contributed by atoms with Gasteiger partial charge in [0.25, 0.3) is 0 Å². The summed E-state index contributed by atoms with van der Waals surface area (Å²) in [4.78, 5) is 35.5. The quantitative estimate of drug-likeness (QED) is 0.270. The molecule has 0 saturated heterocycles. The third kappa shape index (κ3) is 4.58. The van der Waals surface area contributed by atoms with E-state index in [4.69, 9.17) is 26.8 Å². The van der Waals surface area contributed by atoms with Gasteiger partial charge in [0, 0.05) is 23.3 Å². The zero-order valence-electron chi connectivity index (χ0n) is 19.4. The van der Waals surface area contributed by atoms with Gasteiger partial charge in [0.2, 0.25) is 17.7 Å². The van der Waals surface area contributed by atoms with Crippen LogP contribution in [0.25, 0.3) is 10.9 Å². The molecule has 1 aliphatic rings. The number of hydrogen-bond donors (Lipinski definition) is 1. The van der Waals surface area contributed by atoms with Crippen molar-refractivity contribution in [2.75, 3.05) is 12.0 Å². The molecule has 2 aromatic heterocycles. The number of carbonyl (C=O) groups excluding carboxylic acids is 2. The van der Waals surface area contributed by atoms with Gasteiger partial charge in [0.15, 0.2) is 0 Å². The molecule has 11 heteroatoms. The molecule has 2 heterocycles. The first kappa shape index (κ1) is 24.9. The van der Waals surface area contributed by atoms with E-state index < -0.39 is 23.0 Å². The van der Waals surface area contributed by atoms with Crippen molar-refractivity contribution >= 4 is 61.6 Å². The van der Waals surface area contributed by atoms with Gasteiger partial charge >= 0.3 is 0 Å². The van der Waals surface area contributed by atoms with E-state index >= 15 is 0 Å². The molecule has 0 radical (unpaired) electrons. The van der Waals surface area contributed by atoms with Crippen LogP contribution in [0.3, 0.4) is 0 Å². The molecule has 0 aliphatic heterocycles. The summed E-state index contributed by atoms with van der Waals surface area (Å²) in [6, 6.07) is 12.0. The molecule has 0 spiro atoms. The molecule has 1 saturated carbocycles. The van der Waals surface area contributed by atoms with Crippen molar-refractivity contribution in [3.8, 4) is 17.4 Å². The molecule has 0 unspecified atom stereocenters. The fourth-order valence-electron chi connectivity index (χ4n) is 3.96. The number of ether oxygens (including phenoxy) is 2. The van der Waals surface area contributed by atoms with Crippen LogP contribution in [-0.4, -0.2) is 28.9 Å². The first-order valence-electron chi connectivity index (χ1n) is 11.1. The SMILES string of the molecule is COc1cc2nccc(Oc3ncc(N(C(=O)C4(C(N)=O)CC4)c4ccc(F)cc4)cc3Cl)c2cc1Br. The Morgan fingerprint density at radius 3 is 2.43 bits per heavy atom. The van der Waals surface area contributed by atoms with Gasteiger partial charge in [-0.05, 0) is 71.2 Å². The number of aromatic nitrogens is 2. The van der Waals surface area contributed by atoms with Crippen LogP contribution in [0.1, 0.15) is 12.8 Å². The number of amides is 2. The van der Waals surface area contributed by atoms with Crippen molar-refractivity contribution in [3.63, 3.8) is 0 Å². The molecule has 1 aliphatic carbocycles. The molecule has 2 N–H and O–H groups in total. The average Bonchev–Trinajstić information content (AvgIpc) is 3.69. The summed E-state index contributed by atoms with van der Waals surface area (Å²) in [7, 11) is 1.56. The minimum atomic E-state index is -1.32. The highest BCUT2D eigenvalue weighted by atomic mass is 79.9. The Hall–Kier alpha value is -3.76. The Labute approximate surface area is 224 Å². The molecular weight excluding hydrogens is 567 g/mol. The third-order valence-corrected chi connectivity index (χ3v) is 7.04. The standard InChI is InChI=1S/C26H19BrClFN4O4/c1-36-22-12-20-17(11-18(22)27)21(6-9-31-20)37-23-19(28)10-16(13-32-23)33(15-4-2-14(29)3-5-15)25(35)26(7-8-26)24(30)34/h2-6,9-13H,7-8H2,1H3,(H2,30,34). The second kappa shape index (κ2) is 9.60. The second-order valence-corrected chi connectivity index (χ2v) is 9.72. The van der Waals surface area contributed by atoms with Crippen LogP contribution in [0.15, 0.2) is 65.4 Å². The van der Waals surface area contributed by atoms with E-state index in [0.29, 0.717) is 45.4 Å². The highest BCUT2D eigenvalue weighted by Gasteiger charge is 2.57. The first-order valence-corrected chi connectivity index (χ1v) is 12.3. The Balaban J connectivity index is 1.52. The van der Waals surface area contributed by atoms with Gasteiger partial charge in [0.05, 0.1) is 29.0 Å². The van der Waals surface area contributed by atoms with Crippen LogP contribution in [0.4, 0.5) is 15.8 Å². The fourth-order valence-corrected chi connectivity index (χ4v) is 4.67. The predicted molar refractivity (Wildman–Crippen MR) is 140 cm³/mol. The smallest absolute Gasteiger partial charge is 0.247 e. The van der Waals surface area contributed by atoms with Crippen LogP contribution >= 0.6 is 27.5 Å². The van der Waals surface area contributed by atoms with E-state index in [1.807, 2.05) is 6.07 Å². The number of primary amides is 1. The molecule has 2 amide bonds. The van der Waals surface area contributed by atoms with Gasteiger partial charge in [-0.3, -0.25) is 19.5 Å². The second-order valence-electron chi connectivity index (χ2n) is 8.46. The average molecular weight is 586 g/mol. The van der Waals surface area contributed by atoms with E-state index in [9.17, 15) is 14.0 Å². The fraction of sp³-hybridized carbons (Fsp3) is 0.154. The molecule has 0 bridgehead atoms. The molecule has 4 aromatic rings. The number of benzene rings is 2. The predicted octanol–water partition coefficient (Wildman–Crippen LogP) is 5.92. The van der Waals surface area contributed by atoms with Gasteiger partial charge < -0.3 is 15.2 Å². The molecule has 5 rings (SSSR count). The van der Waals surface area contributed by atoms with Crippen molar-refractivity contribution in [2.45, 2.75) is 12.8 Å². The van der Waals surface area contributed by atoms with E-state index in [1.165, 1.54) is 41.4 Å². The summed E-state index contributed by atoms with van der Waals surface area (Å²) >= 11 is 10.0. The van der Waals surface area contributed by atoms with Gasteiger partial charge in [0.1, 0.15) is 27.8 Å². The number of halogens is 3. The Morgan fingerprint density at radius 1 is 1.08 bits per heavy atom. The Kier molecular flexibility index (Phi) is 6.47. The topological polar surface area (TPSA) is 108 Å². The van der Waals surface area contributed by atoms with Crippen molar-refractivity contribution in [3.05, 3.63) is 76.2 Å². The van der Waals surface area contributed by atoms with Crippen LogP contribution in [0.2, 0.25) is 5.02 Å². The molecule has 8 nitrogen and oxygen atoms in total. The number of nitrogens with two attached hydrogens (primary N) is 1. The summed E-state index contributed by atoms with van der Waals surface area (Å²) in [6.07, 6.45) is 3.64. The molecule has 37 heavy (non-hydrogen) atoms. The van der Waals surface area contributed by atoms with Crippen molar-refractivity contribution in [2.24, 2.45) is 11.1 Å². The van der Waals surface area contributed by atoms with E-state index in [-0.39, 0.29) is 16.6 Å². The monoisotopic (exact) mass is 584 g/mol. The minimum Gasteiger partial charge on any atom is -0.495 e. The number of methoxy groups -OCH3 is 1. The lowest BCUT2D eigenvalue weighted by Gasteiger charge is -2.26. The number of carbonyl (C=O) groups is 2. The number of hydrogen-bond acceptors (Lipinski definition) is 6. The number of nitrogens with zero attached hydrogens (tertiary/aromatic N) is 3. The first-order chi connectivity index (χ1) is 17.7. The largest absolute Gasteiger partial charge is 0.495 e. The summed E-state index contributed by atoms with van der Waals surface area (Å²) in [5, 5.41) is 0.802. The normalized spacial score (nSPS) is 13.7. The van der Waals surface area contributed by atoms with Gasteiger partial charge in [-0.1, -0.05) is 11.6 Å². The number of pyridine rings is 2. The lowest BCUT2D eigenvalue weighted by Crippen LogP contribution is -2.41. The molecular formula is C26H19BrClFN4O4. The van der Waals surface area contributed by atoms with Gasteiger partial charge in [-0.15, -0.1) is 0 Å². The Bertz CT molecular complexity index is 1550. The molecule has 1 fully saturated rings. The third-order valence-electron chi connectivity index (χ3n) is 6.15. The summed E-state index contributed by atoms with van der Waals surface area (Å²) < 4.78 is 25.6. The van der Waals surface area contributed by atoms with Gasteiger partial charge in [-0.25, -0.2) is 9.37 Å². The van der Waals surface area contributed by atoms with E-state index in [2.05, 4.69) is 25.9 Å². The number of fused-ring (bicyclic) bond motifs is 1. The zero-order valence-corrected chi connectivity index (χ0v) is 21.7. The van der Waals surface area contributed by atoms with Gasteiger partial charge in [-0.2, -0.15) is 0 Å². The van der Waals surface area contributed by atoms with Crippen LogP contribution in [0, 0.1) is 11.2 Å². The van der Waals surface area contributed by atoms with Crippen LogP contribution in [0.5, 0.6) is 17.4 Å². The number of anilines is 2. The highest BCUT2D eigenvalue weighted by molar-refractivity contribution is 9.10. The van der Waals surface area contributed by atoms with E-state index in [1.54, 1.807) is 25.4 Å². The lowest BCUT2D eigenvalue weighted by molar-refractivity contribution is -0.133. The maximum atomic E-state index is 13.6. The molecule has 188 valence electrons. The summed E-state index contributed by atoms with van der Waals surface area (Å²) in [6.45, 7) is 0. The lowest BCUT2D eigenvalue weighted by atomic mass is 10.0. The molecule has 2 aromatic carbocycles. The van der Waals surface area contributed by atoms with Crippen LogP contribution in [-0.2, 0) is 9.59 Å². The summed E-state index contributed by atoms with van der Waals surface area (Å²) in [5.41, 5.74) is 5.47. The molecule has 0 atom stereocenters. The van der Waals surface area contributed by atoms with Crippen molar-refractivity contribution in [1.29, 1.82) is 0 Å². The van der Waals surface area contributed by atoms with Crippen LogP contribution < -0.4 is 20.1 Å². The minimum absolute atomic E-state index is 0.0902. The maximum Gasteiger partial charge on any atom is 0.247 e.